The van der Waals surface area contributed by atoms with Crippen molar-refractivity contribution < 1.29 is 4.79 Å². The van der Waals surface area contributed by atoms with E-state index in [0.717, 1.165) is 16.7 Å². The first-order valence-corrected chi connectivity index (χ1v) is 8.28. The van der Waals surface area contributed by atoms with E-state index >= 15 is 0 Å². The van der Waals surface area contributed by atoms with E-state index in [9.17, 15) is 4.79 Å². The fraction of sp³-hybridized carbons (Fsp3) is 0.278. The molecule has 1 fully saturated rings. The smallest absolute Gasteiger partial charge is 0.238 e. The van der Waals surface area contributed by atoms with Crippen LogP contribution in [-0.2, 0) is 4.79 Å². The van der Waals surface area contributed by atoms with Crippen LogP contribution in [-0.4, -0.2) is 23.9 Å². The molecule has 2 aromatic rings. The summed E-state index contributed by atoms with van der Waals surface area (Å²) in [4.78, 5) is 14.5. The number of carbonyl (C=O) groups excluding carboxylic acids is 1. The minimum atomic E-state index is 0.0275. The number of nitrogens with one attached hydrogen (secondary N) is 1. The second-order valence-corrected chi connectivity index (χ2v) is 6.64. The summed E-state index contributed by atoms with van der Waals surface area (Å²) < 4.78 is 0.903. The first kappa shape index (κ1) is 15.3. The molecule has 1 aliphatic rings. The van der Waals surface area contributed by atoms with Crippen molar-refractivity contribution in [3.63, 3.8) is 0 Å². The summed E-state index contributed by atoms with van der Waals surface area (Å²) in [6.07, 6.45) is 0. The maximum atomic E-state index is 12.3. The van der Waals surface area contributed by atoms with Crippen LogP contribution in [0.2, 0.25) is 0 Å². The zero-order valence-electron chi connectivity index (χ0n) is 12.5. The van der Waals surface area contributed by atoms with Crippen molar-refractivity contribution in [2.75, 3.05) is 18.4 Å². The Morgan fingerprint density at radius 1 is 1.18 bits per heavy atom. The van der Waals surface area contributed by atoms with Crippen molar-refractivity contribution in [2.45, 2.75) is 13.0 Å². The lowest BCUT2D eigenvalue weighted by Gasteiger charge is -2.46. The number of para-hydroxylation sites is 1. The van der Waals surface area contributed by atoms with E-state index in [1.54, 1.807) is 0 Å². The first-order valence-electron chi connectivity index (χ1n) is 7.48. The summed E-state index contributed by atoms with van der Waals surface area (Å²) in [6, 6.07) is 18.4. The molecule has 114 valence electrons. The summed E-state index contributed by atoms with van der Waals surface area (Å²) in [6.45, 7) is 3.62. The number of amides is 1. The quantitative estimate of drug-likeness (QED) is 0.892. The average Bonchev–Trinajstić information content (AvgIpc) is 2.50. The molecule has 1 heterocycles. The number of halogens is 1. The van der Waals surface area contributed by atoms with Crippen molar-refractivity contribution >= 4 is 27.5 Å². The van der Waals surface area contributed by atoms with E-state index in [1.165, 1.54) is 5.56 Å². The molecule has 0 spiro atoms. The van der Waals surface area contributed by atoms with Crippen LogP contribution in [0.25, 0.3) is 0 Å². The molecule has 1 aliphatic heterocycles. The molecule has 22 heavy (non-hydrogen) atoms. The number of anilines is 1. The second kappa shape index (κ2) is 6.63. The van der Waals surface area contributed by atoms with Gasteiger partial charge in [-0.15, -0.1) is 0 Å². The van der Waals surface area contributed by atoms with Gasteiger partial charge in [-0.1, -0.05) is 49.4 Å². The Bertz CT molecular complexity index is 659. The molecule has 0 radical (unpaired) electrons. The molecule has 1 N–H and O–H groups in total. The number of likely N-dealkylation sites (tertiary alicyclic amines) is 1. The highest BCUT2D eigenvalue weighted by atomic mass is 79.9. The van der Waals surface area contributed by atoms with Crippen molar-refractivity contribution in [2.24, 2.45) is 5.92 Å². The van der Waals surface area contributed by atoms with Crippen LogP contribution < -0.4 is 5.32 Å². The van der Waals surface area contributed by atoms with Gasteiger partial charge in [0.15, 0.2) is 0 Å². The molecule has 0 bridgehead atoms. The lowest BCUT2D eigenvalue weighted by molar-refractivity contribution is -0.120. The molecule has 3 rings (SSSR count). The monoisotopic (exact) mass is 358 g/mol. The second-order valence-electron chi connectivity index (χ2n) is 5.79. The van der Waals surface area contributed by atoms with Gasteiger partial charge in [-0.25, -0.2) is 0 Å². The van der Waals surface area contributed by atoms with Crippen LogP contribution in [0.1, 0.15) is 18.5 Å². The molecular weight excluding hydrogens is 340 g/mol. The molecule has 3 nitrogen and oxygen atoms in total. The van der Waals surface area contributed by atoms with Crippen molar-refractivity contribution in [1.29, 1.82) is 0 Å². The number of hydrogen-bond donors (Lipinski definition) is 1. The molecule has 0 aliphatic carbocycles. The molecule has 0 unspecified atom stereocenters. The van der Waals surface area contributed by atoms with Crippen molar-refractivity contribution in [3.05, 3.63) is 64.6 Å². The Labute approximate surface area is 139 Å². The zero-order valence-corrected chi connectivity index (χ0v) is 14.1. The van der Waals surface area contributed by atoms with Crippen LogP contribution in [0, 0.1) is 5.92 Å². The highest BCUT2D eigenvalue weighted by molar-refractivity contribution is 9.10. The van der Waals surface area contributed by atoms with E-state index in [4.69, 9.17) is 0 Å². The third-order valence-corrected chi connectivity index (χ3v) is 4.78. The molecule has 1 saturated heterocycles. The van der Waals surface area contributed by atoms with Gasteiger partial charge in [0.05, 0.1) is 12.2 Å². The third kappa shape index (κ3) is 3.23. The average molecular weight is 359 g/mol. The van der Waals surface area contributed by atoms with Gasteiger partial charge in [0.1, 0.15) is 0 Å². The molecule has 2 aromatic carbocycles. The first-order chi connectivity index (χ1) is 10.6. The summed E-state index contributed by atoms with van der Waals surface area (Å²) in [5, 5.41) is 2.97. The molecule has 0 saturated carbocycles. The number of rotatable bonds is 4. The van der Waals surface area contributed by atoms with E-state index in [0.29, 0.717) is 18.5 Å². The van der Waals surface area contributed by atoms with Gasteiger partial charge in [-0.2, -0.15) is 0 Å². The highest BCUT2D eigenvalue weighted by Gasteiger charge is 2.37. The maximum absolute atomic E-state index is 12.3. The van der Waals surface area contributed by atoms with Gasteiger partial charge in [0.25, 0.3) is 0 Å². The fourth-order valence-corrected chi connectivity index (χ4v) is 3.48. The molecule has 0 aromatic heterocycles. The molecule has 4 heteroatoms. The van der Waals surface area contributed by atoms with Gasteiger partial charge in [-0.05, 0) is 39.5 Å². The van der Waals surface area contributed by atoms with Crippen LogP contribution >= 0.6 is 15.9 Å². The van der Waals surface area contributed by atoms with Crippen molar-refractivity contribution in [1.82, 2.24) is 4.90 Å². The third-order valence-electron chi connectivity index (χ3n) is 4.09. The number of carbonyl (C=O) groups is 1. The Morgan fingerprint density at radius 2 is 1.86 bits per heavy atom. The topological polar surface area (TPSA) is 32.3 Å². The summed E-state index contributed by atoms with van der Waals surface area (Å²) >= 11 is 3.45. The minimum Gasteiger partial charge on any atom is -0.324 e. The Hall–Kier alpha value is -1.65. The molecule has 2 atom stereocenters. The van der Waals surface area contributed by atoms with Crippen LogP contribution in [0.15, 0.2) is 59.1 Å². The summed E-state index contributed by atoms with van der Waals surface area (Å²) in [5.41, 5.74) is 2.10. The number of benzene rings is 2. The zero-order chi connectivity index (χ0) is 15.5. The lowest BCUT2D eigenvalue weighted by atomic mass is 9.85. The van der Waals surface area contributed by atoms with Gasteiger partial charge in [-0.3, -0.25) is 9.69 Å². The minimum absolute atomic E-state index is 0.0275. The Morgan fingerprint density at radius 3 is 2.55 bits per heavy atom. The summed E-state index contributed by atoms with van der Waals surface area (Å²) in [7, 11) is 0. The number of hydrogen-bond acceptors (Lipinski definition) is 2. The SMILES string of the molecule is C[C@H]1CN(CC(=O)Nc2ccccc2Br)[C@H]1c1ccccc1. The van der Waals surface area contributed by atoms with Crippen molar-refractivity contribution in [3.8, 4) is 0 Å². The van der Waals surface area contributed by atoms with E-state index in [1.807, 2.05) is 30.3 Å². The predicted octanol–water partition coefficient (Wildman–Crippen LogP) is 4.08. The van der Waals surface area contributed by atoms with Gasteiger partial charge < -0.3 is 5.32 Å². The van der Waals surface area contributed by atoms with Crippen LogP contribution in [0.5, 0.6) is 0 Å². The van der Waals surface area contributed by atoms with Gasteiger partial charge >= 0.3 is 0 Å². The number of nitrogens with zero attached hydrogens (tertiary/aromatic N) is 1. The standard InChI is InChI=1S/C18H19BrN2O/c1-13-11-21(18(13)14-7-3-2-4-8-14)12-17(22)20-16-10-6-5-9-15(16)19/h2-10,13,18H,11-12H2,1H3,(H,20,22)/t13-,18+/m0/s1. The molecule has 1 amide bonds. The van der Waals surface area contributed by atoms with Gasteiger partial charge in [0, 0.05) is 17.1 Å². The maximum Gasteiger partial charge on any atom is 0.238 e. The Kier molecular flexibility index (Phi) is 4.60. The normalized spacial score (nSPS) is 21.2. The Balaban J connectivity index is 1.63. The highest BCUT2D eigenvalue weighted by Crippen LogP contribution is 2.38. The van der Waals surface area contributed by atoms with E-state index < -0.39 is 0 Å². The van der Waals surface area contributed by atoms with E-state index in [-0.39, 0.29) is 5.91 Å². The van der Waals surface area contributed by atoms with Gasteiger partial charge in [0.2, 0.25) is 5.91 Å². The lowest BCUT2D eigenvalue weighted by Crippen LogP contribution is -2.51. The fourth-order valence-electron chi connectivity index (χ4n) is 3.09. The van der Waals surface area contributed by atoms with Crippen LogP contribution in [0.3, 0.4) is 0 Å². The van der Waals surface area contributed by atoms with Crippen LogP contribution in [0.4, 0.5) is 5.69 Å². The predicted molar refractivity (Wildman–Crippen MR) is 92.7 cm³/mol. The molecular formula is C18H19BrN2O. The van der Waals surface area contributed by atoms with E-state index in [2.05, 4.69) is 57.3 Å². The largest absolute Gasteiger partial charge is 0.324 e. The summed E-state index contributed by atoms with van der Waals surface area (Å²) in [5.74, 6) is 0.610.